The second-order valence-corrected chi connectivity index (χ2v) is 6.15. The predicted molar refractivity (Wildman–Crippen MR) is 80.1 cm³/mol. The SMILES string of the molecule is CCCNC1(C#N)CCC(N(C)CCCN(C)C)C1. The lowest BCUT2D eigenvalue weighted by Gasteiger charge is -2.27. The van der Waals surface area contributed by atoms with Crippen molar-refractivity contribution in [2.45, 2.75) is 50.6 Å². The van der Waals surface area contributed by atoms with Gasteiger partial charge in [-0.25, -0.2) is 0 Å². The topological polar surface area (TPSA) is 42.3 Å². The molecule has 1 N–H and O–H groups in total. The Hall–Kier alpha value is -0.630. The lowest BCUT2D eigenvalue weighted by Crippen LogP contribution is -2.44. The molecule has 0 spiro atoms. The smallest absolute Gasteiger partial charge is 0.108 e. The first-order chi connectivity index (χ1) is 9.03. The molecule has 0 bridgehead atoms. The summed E-state index contributed by atoms with van der Waals surface area (Å²) in [6.07, 6.45) is 5.39. The van der Waals surface area contributed by atoms with E-state index in [1.165, 1.54) is 6.42 Å². The number of nitrogens with zero attached hydrogens (tertiary/aromatic N) is 3. The van der Waals surface area contributed by atoms with Gasteiger partial charge < -0.3 is 9.80 Å². The van der Waals surface area contributed by atoms with E-state index in [9.17, 15) is 5.26 Å². The van der Waals surface area contributed by atoms with Crippen LogP contribution in [0.4, 0.5) is 0 Å². The highest BCUT2D eigenvalue weighted by molar-refractivity contribution is 5.13. The Morgan fingerprint density at radius 3 is 2.63 bits per heavy atom. The molecule has 0 aliphatic heterocycles. The van der Waals surface area contributed by atoms with Crippen LogP contribution in [0.1, 0.15) is 39.0 Å². The Morgan fingerprint density at radius 1 is 1.32 bits per heavy atom. The fourth-order valence-electron chi connectivity index (χ4n) is 2.88. The average Bonchev–Trinajstić information content (AvgIpc) is 2.81. The minimum atomic E-state index is -0.267. The molecule has 2 atom stereocenters. The molecule has 1 fully saturated rings. The number of hydrogen-bond donors (Lipinski definition) is 1. The first-order valence-corrected chi connectivity index (χ1v) is 7.54. The monoisotopic (exact) mass is 266 g/mol. The van der Waals surface area contributed by atoms with Crippen molar-refractivity contribution in [3.8, 4) is 6.07 Å². The highest BCUT2D eigenvalue weighted by Crippen LogP contribution is 2.32. The van der Waals surface area contributed by atoms with Crippen molar-refractivity contribution in [2.24, 2.45) is 0 Å². The van der Waals surface area contributed by atoms with Crippen LogP contribution in [-0.2, 0) is 0 Å². The van der Waals surface area contributed by atoms with Gasteiger partial charge in [-0.2, -0.15) is 5.26 Å². The van der Waals surface area contributed by atoms with E-state index < -0.39 is 0 Å². The van der Waals surface area contributed by atoms with Crippen LogP contribution >= 0.6 is 0 Å². The maximum Gasteiger partial charge on any atom is 0.108 e. The zero-order valence-electron chi connectivity index (χ0n) is 13.1. The molecule has 2 unspecified atom stereocenters. The van der Waals surface area contributed by atoms with E-state index in [-0.39, 0.29) is 5.54 Å². The summed E-state index contributed by atoms with van der Waals surface area (Å²) >= 11 is 0. The molecule has 1 aliphatic rings. The Bertz CT molecular complexity index is 297. The summed E-state index contributed by atoms with van der Waals surface area (Å²) in [5.74, 6) is 0. The Balaban J connectivity index is 2.39. The summed E-state index contributed by atoms with van der Waals surface area (Å²) < 4.78 is 0. The van der Waals surface area contributed by atoms with Crippen LogP contribution in [0, 0.1) is 11.3 Å². The van der Waals surface area contributed by atoms with Gasteiger partial charge in [0.1, 0.15) is 5.54 Å². The number of hydrogen-bond acceptors (Lipinski definition) is 4. The third kappa shape index (κ3) is 5.10. The van der Waals surface area contributed by atoms with Gasteiger partial charge >= 0.3 is 0 Å². The van der Waals surface area contributed by atoms with E-state index in [1.807, 2.05) is 0 Å². The van der Waals surface area contributed by atoms with E-state index in [0.29, 0.717) is 6.04 Å². The molecule has 1 aliphatic carbocycles. The lowest BCUT2D eigenvalue weighted by molar-refractivity contribution is 0.223. The standard InChI is InChI=1S/C15H30N4/c1-5-9-17-15(13-16)8-7-14(12-15)19(4)11-6-10-18(2)3/h14,17H,5-12H2,1-4H3. The summed E-state index contributed by atoms with van der Waals surface area (Å²) in [5, 5.41) is 12.9. The minimum Gasteiger partial charge on any atom is -0.309 e. The molecule has 0 aromatic carbocycles. The molecule has 19 heavy (non-hydrogen) atoms. The molecule has 4 nitrogen and oxygen atoms in total. The van der Waals surface area contributed by atoms with Gasteiger partial charge in [0.2, 0.25) is 0 Å². The highest BCUT2D eigenvalue weighted by atomic mass is 15.2. The number of nitrogens with one attached hydrogen (secondary N) is 1. The fraction of sp³-hybridized carbons (Fsp3) is 0.933. The van der Waals surface area contributed by atoms with Gasteiger partial charge in [0, 0.05) is 6.04 Å². The fourth-order valence-corrected chi connectivity index (χ4v) is 2.88. The number of nitriles is 1. The molecule has 0 saturated heterocycles. The predicted octanol–water partition coefficient (Wildman–Crippen LogP) is 1.68. The van der Waals surface area contributed by atoms with Crippen molar-refractivity contribution in [2.75, 3.05) is 40.8 Å². The molecule has 0 aromatic heterocycles. The summed E-state index contributed by atoms with van der Waals surface area (Å²) in [6.45, 7) is 5.36. The van der Waals surface area contributed by atoms with Crippen LogP contribution < -0.4 is 5.32 Å². The van der Waals surface area contributed by atoms with E-state index in [4.69, 9.17) is 0 Å². The first-order valence-electron chi connectivity index (χ1n) is 7.54. The van der Waals surface area contributed by atoms with Gasteiger partial charge in [-0.1, -0.05) is 6.92 Å². The van der Waals surface area contributed by atoms with Gasteiger partial charge in [0.25, 0.3) is 0 Å². The van der Waals surface area contributed by atoms with Crippen molar-refractivity contribution >= 4 is 0 Å². The minimum absolute atomic E-state index is 0.267. The van der Waals surface area contributed by atoms with Gasteiger partial charge in [0.15, 0.2) is 0 Å². The second-order valence-electron chi connectivity index (χ2n) is 6.15. The molecule has 1 rings (SSSR count). The van der Waals surface area contributed by atoms with Crippen molar-refractivity contribution < 1.29 is 0 Å². The van der Waals surface area contributed by atoms with Gasteiger partial charge in [-0.15, -0.1) is 0 Å². The Labute approximate surface area is 118 Å². The molecule has 0 amide bonds. The van der Waals surface area contributed by atoms with E-state index in [2.05, 4.69) is 49.3 Å². The molecule has 0 radical (unpaired) electrons. The van der Waals surface area contributed by atoms with Gasteiger partial charge in [0.05, 0.1) is 6.07 Å². The van der Waals surface area contributed by atoms with Gasteiger partial charge in [-0.3, -0.25) is 5.32 Å². The Morgan fingerprint density at radius 2 is 2.05 bits per heavy atom. The van der Waals surface area contributed by atoms with Crippen LogP contribution in [0.3, 0.4) is 0 Å². The van der Waals surface area contributed by atoms with Crippen LogP contribution in [0.2, 0.25) is 0 Å². The van der Waals surface area contributed by atoms with E-state index in [0.717, 1.165) is 45.3 Å². The van der Waals surface area contributed by atoms with E-state index >= 15 is 0 Å². The summed E-state index contributed by atoms with van der Waals surface area (Å²) in [5.41, 5.74) is -0.267. The zero-order chi connectivity index (χ0) is 14.3. The largest absolute Gasteiger partial charge is 0.309 e. The molecule has 110 valence electrons. The zero-order valence-corrected chi connectivity index (χ0v) is 13.1. The normalized spacial score (nSPS) is 27.1. The van der Waals surface area contributed by atoms with Crippen LogP contribution in [0.25, 0.3) is 0 Å². The van der Waals surface area contributed by atoms with Crippen molar-refractivity contribution in [1.82, 2.24) is 15.1 Å². The maximum atomic E-state index is 9.45. The molecule has 0 heterocycles. The third-order valence-electron chi connectivity index (χ3n) is 4.16. The van der Waals surface area contributed by atoms with Crippen LogP contribution in [0.5, 0.6) is 0 Å². The maximum absolute atomic E-state index is 9.45. The highest BCUT2D eigenvalue weighted by Gasteiger charge is 2.40. The van der Waals surface area contributed by atoms with Crippen molar-refractivity contribution in [3.63, 3.8) is 0 Å². The summed E-state index contributed by atoms with van der Waals surface area (Å²) in [6, 6.07) is 3.09. The summed E-state index contributed by atoms with van der Waals surface area (Å²) in [7, 11) is 6.43. The van der Waals surface area contributed by atoms with Crippen LogP contribution in [0.15, 0.2) is 0 Å². The van der Waals surface area contributed by atoms with Crippen molar-refractivity contribution in [3.05, 3.63) is 0 Å². The molecule has 1 saturated carbocycles. The van der Waals surface area contributed by atoms with E-state index in [1.54, 1.807) is 0 Å². The van der Waals surface area contributed by atoms with Crippen molar-refractivity contribution in [1.29, 1.82) is 5.26 Å². The summed E-state index contributed by atoms with van der Waals surface area (Å²) in [4.78, 5) is 4.67. The second kappa shape index (κ2) is 7.84. The molecular formula is C15H30N4. The molecule has 4 heteroatoms. The third-order valence-corrected chi connectivity index (χ3v) is 4.16. The van der Waals surface area contributed by atoms with Crippen LogP contribution in [-0.4, -0.2) is 62.2 Å². The lowest BCUT2D eigenvalue weighted by atomic mass is 9.99. The molecule has 0 aromatic rings. The quantitative estimate of drug-likeness (QED) is 0.726. The average molecular weight is 266 g/mol. The first kappa shape index (κ1) is 16.4. The van der Waals surface area contributed by atoms with Gasteiger partial charge in [-0.05, 0) is 72.9 Å². The molecular weight excluding hydrogens is 236 g/mol. The Kier molecular flexibility index (Phi) is 6.78. The number of rotatable bonds is 8.